The summed E-state index contributed by atoms with van der Waals surface area (Å²) in [6.45, 7) is 29.5. The Hall–Kier alpha value is -11.9. The minimum Gasteiger partial charge on any atom is -0.475 e. The van der Waals surface area contributed by atoms with Gasteiger partial charge in [-0.25, -0.2) is 68.3 Å². The highest BCUT2D eigenvalue weighted by molar-refractivity contribution is 9.08. The Labute approximate surface area is 869 Å². The lowest BCUT2D eigenvalue weighted by Gasteiger charge is -2.29. The summed E-state index contributed by atoms with van der Waals surface area (Å²) >= 11 is 3.41. The van der Waals surface area contributed by atoms with Crippen LogP contribution in [-0.4, -0.2) is 326 Å². The molecule has 0 atom stereocenters. The minimum atomic E-state index is -5.08. The van der Waals surface area contributed by atoms with Crippen molar-refractivity contribution < 1.29 is 171 Å². The molecule has 0 aliphatic carbocycles. The fourth-order valence-electron chi connectivity index (χ4n) is 12.1. The Morgan fingerprint density at radius 2 is 0.595 bits per heavy atom. The predicted molar refractivity (Wildman–Crippen MR) is 536 cm³/mol. The number of hydrogen-bond acceptors (Lipinski definition) is 39. The summed E-state index contributed by atoms with van der Waals surface area (Å²) in [5, 5.41) is 20.0. The number of ether oxygens (including phenoxy) is 21. The van der Waals surface area contributed by atoms with E-state index in [2.05, 4.69) is 55.9 Å². The van der Waals surface area contributed by atoms with Gasteiger partial charge in [0.15, 0.2) is 0 Å². The number of rotatable bonds is 32. The summed E-state index contributed by atoms with van der Waals surface area (Å²) in [4.78, 5) is 154. The second-order valence-electron chi connectivity index (χ2n) is 36.2. The predicted octanol–water partition coefficient (Wildman–Crippen LogP) is 14.4. The molecule has 6 aromatic rings. The molecule has 0 saturated carbocycles. The van der Waals surface area contributed by atoms with Crippen molar-refractivity contribution in [3.05, 3.63) is 140 Å². The molecular formula is C97H146BrF3N14O33. The Bertz CT molecular complexity index is 5000. The first-order chi connectivity index (χ1) is 69.0. The molecule has 51 heteroatoms. The quantitative estimate of drug-likeness (QED) is 0.0153. The number of methoxy groups -OCH3 is 14. The number of hydrogen-bond donors (Lipinski definition) is 3. The summed E-state index contributed by atoms with van der Waals surface area (Å²) in [6.07, 6.45) is -12.1. The van der Waals surface area contributed by atoms with Gasteiger partial charge in [-0.05, 0) is 169 Å². The molecule has 47 nitrogen and oxygen atoms in total. The van der Waals surface area contributed by atoms with E-state index < -0.39 is 120 Å². The van der Waals surface area contributed by atoms with Gasteiger partial charge in [0.2, 0.25) is 49.6 Å². The molecule has 2 saturated heterocycles. The summed E-state index contributed by atoms with van der Waals surface area (Å²) in [7, 11) is 30.0. The van der Waals surface area contributed by atoms with Crippen LogP contribution in [0.4, 0.5) is 72.1 Å². The Balaban J connectivity index is 0.000000595. The van der Waals surface area contributed by atoms with Gasteiger partial charge >= 0.3 is 54.6 Å². The number of aromatic nitrogens is 6. The summed E-state index contributed by atoms with van der Waals surface area (Å²) < 4.78 is 141. The van der Waals surface area contributed by atoms with E-state index in [9.17, 15) is 61.4 Å². The number of anilines is 6. The van der Waals surface area contributed by atoms with Crippen LogP contribution in [0.5, 0.6) is 0 Å². The summed E-state index contributed by atoms with van der Waals surface area (Å²) in [5.41, 5.74) is 3.12. The maximum atomic E-state index is 12.4. The molecule has 2 aliphatic heterocycles. The van der Waals surface area contributed by atoms with Crippen LogP contribution in [0.1, 0.15) is 219 Å². The van der Waals surface area contributed by atoms with E-state index in [0.717, 1.165) is 16.7 Å². The van der Waals surface area contributed by atoms with Gasteiger partial charge in [-0.2, -0.15) is 13.2 Å². The molecule has 7 amide bonds. The van der Waals surface area contributed by atoms with E-state index in [1.54, 1.807) is 171 Å². The normalized spacial score (nSPS) is 12.7. The van der Waals surface area contributed by atoms with Gasteiger partial charge in [0.1, 0.15) is 110 Å². The Kier molecular flexibility index (Phi) is 55.8. The maximum Gasteiger partial charge on any atom is 0.490 e. The summed E-state index contributed by atoms with van der Waals surface area (Å²) in [5.74, 6) is -1.46. The third-order valence-electron chi connectivity index (χ3n) is 19.3. The van der Waals surface area contributed by atoms with Gasteiger partial charge in [0.05, 0.1) is 45.2 Å². The number of morpholine rings is 2. The lowest BCUT2D eigenvalue weighted by Crippen LogP contribution is -2.41. The highest BCUT2D eigenvalue weighted by atomic mass is 79.9. The van der Waals surface area contributed by atoms with Crippen molar-refractivity contribution in [2.24, 2.45) is 0 Å². The van der Waals surface area contributed by atoms with Crippen molar-refractivity contribution in [1.82, 2.24) is 39.7 Å². The number of amides is 7. The zero-order chi connectivity index (χ0) is 113. The molecule has 148 heavy (non-hydrogen) atoms. The topological polar surface area (TPSA) is 517 Å². The SMILES string of the molecule is CNc1ccc(C(=O)OC)c(C(OC)OC)n1.COC(=O)c1ccc(N(C)C(=O)OC(C)(C)C)nc1C(OC)OC.COC(OC)c1nc(N(C)C(=O)OC(C)(C)C)ccc1CBr.COC(OC)c1nc(N(C)C(=O)OC(C)(C)C)ccc1CN1CCOCC1=O.COC(OC)c1nc(N(C)C(=O)OC(C)(C)C)ccc1CN1CCOCC1=O.COC(OC)c1nc(N(C)C(=O)OC(C)(C)C)ccc1CO.O=C(O)C(F)(F)F. The second-order valence-corrected chi connectivity index (χ2v) is 36.7. The molecule has 830 valence electrons. The third kappa shape index (κ3) is 43.7. The zero-order valence-electron chi connectivity index (χ0n) is 90.8. The van der Waals surface area contributed by atoms with E-state index in [1.165, 1.54) is 143 Å². The van der Waals surface area contributed by atoms with Crippen molar-refractivity contribution in [2.45, 2.75) is 201 Å². The van der Waals surface area contributed by atoms with E-state index in [4.69, 9.17) is 105 Å². The lowest BCUT2D eigenvalue weighted by atomic mass is 10.1. The molecule has 2 fully saturated rings. The number of carboxylic acids is 1. The number of esters is 2. The molecule has 0 aromatic carbocycles. The number of aliphatic hydroxyl groups is 1. The van der Waals surface area contributed by atoms with Crippen LogP contribution >= 0.6 is 15.9 Å². The molecule has 2 aliphatic rings. The van der Waals surface area contributed by atoms with Gasteiger partial charge in [-0.15, -0.1) is 0 Å². The van der Waals surface area contributed by atoms with Crippen LogP contribution in [0.3, 0.4) is 0 Å². The average Bonchev–Trinajstić information content (AvgIpc) is 0.786. The van der Waals surface area contributed by atoms with E-state index >= 15 is 0 Å². The molecule has 3 N–H and O–H groups in total. The molecule has 8 heterocycles. The van der Waals surface area contributed by atoms with E-state index in [1.807, 2.05) is 39.0 Å². The molecule has 0 unspecified atom stereocenters. The first-order valence-electron chi connectivity index (χ1n) is 45.2. The minimum absolute atomic E-state index is 0.0697. The van der Waals surface area contributed by atoms with Crippen molar-refractivity contribution in [3.63, 3.8) is 0 Å². The first kappa shape index (κ1) is 132. The highest BCUT2D eigenvalue weighted by Crippen LogP contribution is 2.34. The van der Waals surface area contributed by atoms with E-state index in [-0.39, 0.29) is 48.7 Å². The van der Waals surface area contributed by atoms with Gasteiger partial charge in [-0.3, -0.25) is 34.1 Å². The van der Waals surface area contributed by atoms with Crippen LogP contribution < -0.4 is 29.8 Å². The number of carbonyl (C=O) groups excluding carboxylic acids is 9. The molecular weight excluding hydrogens is 2030 g/mol. The monoisotopic (exact) mass is 2170 g/mol. The zero-order valence-corrected chi connectivity index (χ0v) is 92.4. The first-order valence-corrected chi connectivity index (χ1v) is 46.4. The van der Waals surface area contributed by atoms with Crippen molar-refractivity contribution in [2.75, 3.05) is 211 Å². The number of pyridine rings is 6. The second kappa shape index (κ2) is 62.5. The molecule has 0 bridgehead atoms. The van der Waals surface area contributed by atoms with Crippen LogP contribution in [0.2, 0.25) is 0 Å². The smallest absolute Gasteiger partial charge is 0.475 e. The number of carboxylic acid groups (broad SMARTS) is 1. The van der Waals surface area contributed by atoms with Crippen molar-refractivity contribution in [1.29, 1.82) is 0 Å². The van der Waals surface area contributed by atoms with Gasteiger partial charge in [0.25, 0.3) is 0 Å². The third-order valence-corrected chi connectivity index (χ3v) is 19.9. The summed E-state index contributed by atoms with van der Waals surface area (Å²) in [6, 6.07) is 20.3. The molecule has 8 rings (SSSR count). The number of nitrogens with one attached hydrogen (secondary N) is 1. The molecule has 0 radical (unpaired) electrons. The largest absolute Gasteiger partial charge is 0.490 e. The van der Waals surface area contributed by atoms with Crippen LogP contribution in [0.15, 0.2) is 72.8 Å². The maximum absolute atomic E-state index is 12.4. The average molecular weight is 2170 g/mol. The molecule has 6 aromatic heterocycles. The number of alkyl halides is 4. The Morgan fingerprint density at radius 1 is 0.372 bits per heavy atom. The molecule has 0 spiro atoms. The van der Waals surface area contributed by atoms with Gasteiger partial charge in [0, 0.05) is 165 Å². The fraction of sp³-hybridized carbons (Fsp3) is 0.588. The van der Waals surface area contributed by atoms with Crippen LogP contribution in [-0.2, 0) is 139 Å². The van der Waals surface area contributed by atoms with Crippen LogP contribution in [0, 0.1) is 0 Å². The number of halogens is 4. The van der Waals surface area contributed by atoms with E-state index in [0.29, 0.717) is 113 Å². The van der Waals surface area contributed by atoms with Crippen molar-refractivity contribution in [3.8, 4) is 0 Å². The highest BCUT2D eigenvalue weighted by Gasteiger charge is 2.39. The lowest BCUT2D eigenvalue weighted by molar-refractivity contribution is -0.192. The number of carbonyl (C=O) groups is 10. The van der Waals surface area contributed by atoms with Gasteiger partial charge in [-0.1, -0.05) is 40.2 Å². The standard InChI is InChI=1S/2C19H29N3O6.C16H24N2O6.C15H23BrN2O4.C15H24N2O5.C11H16N2O4.C2HF3O2/c2*1-19(2,3)28-18(24)21(4)14-8-7-13(16(20-14)17(25-5)26-6)11-22-9-10-27-12-15(22)23;1-16(2,3)24-15(20)18(4)11-9-8-10(13(19)21-5)12(17-11)14(22-6)23-7;1-15(2,3)22-14(19)18(4)11-8-7-10(9-16)12(17-11)13(20-5)21-6;1-15(2,3)22-14(19)17(4)11-8-7-10(9-18)12(16-11)13(20-5)21-6;1-12-8-6-5-7(10(14)15-2)9(13-8)11(16-3)17-4;3-2(4,5)1(6)7/h2*7-8,17H,9-12H2,1-6H3;8-9,14H,1-7H3;7-8,13H,9H2,1-6H3;7-8,13,18H,9H2,1-6H3;5-6,11H,1-4H3,(H,12,13);(H,6,7). The fourth-order valence-corrected chi connectivity index (χ4v) is 12.6. The number of nitrogens with zero attached hydrogens (tertiary/aromatic N) is 13. The van der Waals surface area contributed by atoms with Gasteiger partial charge < -0.3 is 125 Å². The number of aliphatic carboxylic acids is 1. The number of aliphatic hydroxyl groups excluding tert-OH is 1. The van der Waals surface area contributed by atoms with Crippen molar-refractivity contribution >= 4 is 111 Å². The Morgan fingerprint density at radius 3 is 0.824 bits per heavy atom. The van der Waals surface area contributed by atoms with Crippen LogP contribution in [0.25, 0.3) is 0 Å².